The number of nitrogens with one attached hydrogen (secondary N) is 1. The fraction of sp³-hybridized carbons (Fsp3) is 0.474. The topological polar surface area (TPSA) is 67.6 Å². The molecule has 3 atom stereocenters. The van der Waals surface area contributed by atoms with Crippen molar-refractivity contribution in [3.8, 4) is 0 Å². The number of fused-ring (bicyclic) bond motifs is 1. The van der Waals surface area contributed by atoms with Gasteiger partial charge in [0.1, 0.15) is 0 Å². The number of rotatable bonds is 5. The summed E-state index contributed by atoms with van der Waals surface area (Å²) in [6.07, 6.45) is 8.03. The van der Waals surface area contributed by atoms with Gasteiger partial charge in [-0.1, -0.05) is 0 Å². The molecule has 0 radical (unpaired) electrons. The van der Waals surface area contributed by atoms with Gasteiger partial charge >= 0.3 is 0 Å². The molecule has 2 saturated heterocycles. The predicted molar refractivity (Wildman–Crippen MR) is 91.9 cm³/mol. The number of ether oxygens (including phenoxy) is 1. The lowest BCUT2D eigenvalue weighted by Gasteiger charge is -2.35. The van der Waals surface area contributed by atoms with E-state index >= 15 is 0 Å². The lowest BCUT2D eigenvalue weighted by molar-refractivity contribution is 0.0743. The molecule has 0 aromatic carbocycles. The van der Waals surface area contributed by atoms with Crippen molar-refractivity contribution in [1.82, 2.24) is 15.2 Å². The van der Waals surface area contributed by atoms with Gasteiger partial charge in [-0.05, 0) is 37.1 Å². The van der Waals surface area contributed by atoms with Crippen LogP contribution in [-0.4, -0.2) is 48.1 Å². The maximum absolute atomic E-state index is 12.2. The number of hydrogen-bond acceptors (Lipinski definition) is 5. The molecule has 0 aliphatic carbocycles. The predicted octanol–water partition coefficient (Wildman–Crippen LogP) is 1.94. The van der Waals surface area contributed by atoms with E-state index in [0.717, 1.165) is 32.7 Å². The second kappa shape index (κ2) is 7.37. The SMILES string of the molecule is O=C(NC[C@@H]1OC[C@@H]2CN(Cc3ccoc3)CC[C@@H]21)c1ccncc1. The number of furan rings is 1. The Morgan fingerprint density at radius 1 is 1.32 bits per heavy atom. The van der Waals surface area contributed by atoms with Crippen molar-refractivity contribution >= 4 is 5.91 Å². The summed E-state index contributed by atoms with van der Waals surface area (Å²) in [6, 6.07) is 5.47. The van der Waals surface area contributed by atoms with Crippen LogP contribution < -0.4 is 5.32 Å². The van der Waals surface area contributed by atoms with Gasteiger partial charge in [0.2, 0.25) is 0 Å². The van der Waals surface area contributed by atoms with E-state index in [4.69, 9.17) is 9.15 Å². The van der Waals surface area contributed by atoms with Crippen molar-refractivity contribution in [3.05, 3.63) is 54.2 Å². The Morgan fingerprint density at radius 3 is 3.00 bits per heavy atom. The minimum absolute atomic E-state index is 0.0631. The summed E-state index contributed by atoms with van der Waals surface area (Å²) in [4.78, 5) is 18.6. The lowest BCUT2D eigenvalue weighted by atomic mass is 9.84. The van der Waals surface area contributed by atoms with Crippen LogP contribution in [0.3, 0.4) is 0 Å². The van der Waals surface area contributed by atoms with Crippen molar-refractivity contribution in [1.29, 1.82) is 0 Å². The first-order valence-corrected chi connectivity index (χ1v) is 8.83. The average Bonchev–Trinajstić information content (AvgIpc) is 3.30. The largest absolute Gasteiger partial charge is 0.472 e. The summed E-state index contributed by atoms with van der Waals surface area (Å²) in [6.45, 7) is 4.39. The number of likely N-dealkylation sites (tertiary alicyclic amines) is 1. The number of carbonyl (C=O) groups is 1. The van der Waals surface area contributed by atoms with Gasteiger partial charge in [-0.2, -0.15) is 0 Å². The molecule has 0 spiro atoms. The normalized spacial score (nSPS) is 26.3. The average molecular weight is 341 g/mol. The third kappa shape index (κ3) is 3.75. The molecule has 0 saturated carbocycles. The standard InChI is InChI=1S/C19H23N3O3/c23-19(15-1-5-20-6-2-15)21-9-18-17-3-7-22(11-16(17)13-25-18)10-14-4-8-24-12-14/h1-2,4-6,8,12,16-18H,3,7,9-11,13H2,(H,21,23)/t16-,17-,18-/m0/s1. The zero-order valence-electron chi connectivity index (χ0n) is 14.1. The molecule has 0 bridgehead atoms. The van der Waals surface area contributed by atoms with Gasteiger partial charge in [-0.25, -0.2) is 0 Å². The van der Waals surface area contributed by atoms with Crippen LogP contribution in [0, 0.1) is 11.8 Å². The minimum Gasteiger partial charge on any atom is -0.472 e. The molecular formula is C19H23N3O3. The van der Waals surface area contributed by atoms with Gasteiger partial charge in [0, 0.05) is 49.1 Å². The van der Waals surface area contributed by atoms with Gasteiger partial charge in [0.15, 0.2) is 0 Å². The van der Waals surface area contributed by atoms with Crippen LogP contribution in [0.4, 0.5) is 0 Å². The fourth-order valence-corrected chi connectivity index (χ4v) is 3.96. The minimum atomic E-state index is -0.0631. The highest BCUT2D eigenvalue weighted by Crippen LogP contribution is 2.34. The Labute approximate surface area is 147 Å². The number of aromatic nitrogens is 1. The maximum Gasteiger partial charge on any atom is 0.251 e. The molecule has 1 amide bonds. The Bertz CT molecular complexity index is 689. The summed E-state index contributed by atoms with van der Waals surface area (Å²) >= 11 is 0. The fourth-order valence-electron chi connectivity index (χ4n) is 3.96. The molecule has 2 aliphatic rings. The monoisotopic (exact) mass is 341 g/mol. The highest BCUT2D eigenvalue weighted by molar-refractivity contribution is 5.93. The summed E-state index contributed by atoms with van der Waals surface area (Å²) < 4.78 is 11.2. The Hall–Kier alpha value is -2.18. The summed E-state index contributed by atoms with van der Waals surface area (Å²) in [7, 11) is 0. The van der Waals surface area contributed by atoms with Gasteiger partial charge in [0.05, 0.1) is 25.2 Å². The van der Waals surface area contributed by atoms with E-state index in [1.165, 1.54) is 5.56 Å². The first-order chi connectivity index (χ1) is 12.3. The Morgan fingerprint density at radius 2 is 2.20 bits per heavy atom. The van der Waals surface area contributed by atoms with Crippen LogP contribution in [-0.2, 0) is 11.3 Å². The number of nitrogens with zero attached hydrogens (tertiary/aromatic N) is 2. The Kier molecular flexibility index (Phi) is 4.81. The molecule has 6 heteroatoms. The highest BCUT2D eigenvalue weighted by atomic mass is 16.5. The van der Waals surface area contributed by atoms with Crippen molar-refractivity contribution < 1.29 is 13.9 Å². The number of piperidine rings is 1. The molecule has 132 valence electrons. The van der Waals surface area contributed by atoms with E-state index in [0.29, 0.717) is 23.9 Å². The molecule has 25 heavy (non-hydrogen) atoms. The molecule has 1 N–H and O–H groups in total. The van der Waals surface area contributed by atoms with Crippen LogP contribution in [0.15, 0.2) is 47.5 Å². The molecule has 2 aromatic rings. The molecular weight excluding hydrogens is 318 g/mol. The van der Waals surface area contributed by atoms with E-state index in [-0.39, 0.29) is 12.0 Å². The van der Waals surface area contributed by atoms with E-state index in [1.54, 1.807) is 30.8 Å². The second-order valence-electron chi connectivity index (χ2n) is 6.90. The van der Waals surface area contributed by atoms with Gasteiger partial charge < -0.3 is 14.5 Å². The number of hydrogen-bond donors (Lipinski definition) is 1. The van der Waals surface area contributed by atoms with Crippen LogP contribution in [0.2, 0.25) is 0 Å². The molecule has 4 heterocycles. The van der Waals surface area contributed by atoms with Crippen LogP contribution in [0.25, 0.3) is 0 Å². The number of carbonyl (C=O) groups excluding carboxylic acids is 1. The van der Waals surface area contributed by atoms with Crippen molar-refractivity contribution in [2.24, 2.45) is 11.8 Å². The second-order valence-corrected chi connectivity index (χ2v) is 6.90. The van der Waals surface area contributed by atoms with Gasteiger partial charge in [0.25, 0.3) is 5.91 Å². The molecule has 4 rings (SSSR count). The highest BCUT2D eigenvalue weighted by Gasteiger charge is 2.40. The zero-order valence-corrected chi connectivity index (χ0v) is 14.1. The lowest BCUT2D eigenvalue weighted by Crippen LogP contribution is -2.43. The maximum atomic E-state index is 12.2. The smallest absolute Gasteiger partial charge is 0.251 e. The first-order valence-electron chi connectivity index (χ1n) is 8.83. The number of amides is 1. The van der Waals surface area contributed by atoms with Crippen LogP contribution in [0.5, 0.6) is 0 Å². The molecule has 2 aliphatic heterocycles. The molecule has 2 fully saturated rings. The van der Waals surface area contributed by atoms with Crippen LogP contribution in [0.1, 0.15) is 22.3 Å². The van der Waals surface area contributed by atoms with Crippen molar-refractivity contribution in [2.45, 2.75) is 19.1 Å². The van der Waals surface area contributed by atoms with Gasteiger partial charge in [-0.3, -0.25) is 14.7 Å². The zero-order chi connectivity index (χ0) is 17.1. The van der Waals surface area contributed by atoms with Crippen molar-refractivity contribution in [2.75, 3.05) is 26.2 Å². The number of pyridine rings is 1. The van der Waals surface area contributed by atoms with E-state index in [9.17, 15) is 4.79 Å². The van der Waals surface area contributed by atoms with Crippen molar-refractivity contribution in [3.63, 3.8) is 0 Å². The Balaban J connectivity index is 1.28. The molecule has 6 nitrogen and oxygen atoms in total. The molecule has 0 unspecified atom stereocenters. The third-order valence-electron chi connectivity index (χ3n) is 5.27. The third-order valence-corrected chi connectivity index (χ3v) is 5.27. The van der Waals surface area contributed by atoms with Gasteiger partial charge in [-0.15, -0.1) is 0 Å². The molecule has 2 aromatic heterocycles. The van der Waals surface area contributed by atoms with E-state index in [2.05, 4.69) is 15.2 Å². The summed E-state index contributed by atoms with van der Waals surface area (Å²) in [5.41, 5.74) is 1.86. The summed E-state index contributed by atoms with van der Waals surface area (Å²) in [5, 5.41) is 3.00. The van der Waals surface area contributed by atoms with E-state index < -0.39 is 0 Å². The first kappa shape index (κ1) is 16.3. The van der Waals surface area contributed by atoms with Crippen LogP contribution >= 0.6 is 0 Å². The quantitative estimate of drug-likeness (QED) is 0.900. The van der Waals surface area contributed by atoms with E-state index in [1.807, 2.05) is 12.3 Å². The summed E-state index contributed by atoms with van der Waals surface area (Å²) in [5.74, 6) is 1.01.